The van der Waals surface area contributed by atoms with Gasteiger partial charge in [0.25, 0.3) is 0 Å². The molecule has 0 amide bonds. The van der Waals surface area contributed by atoms with Gasteiger partial charge in [0.1, 0.15) is 0 Å². The molecule has 1 aromatic rings. The summed E-state index contributed by atoms with van der Waals surface area (Å²) in [4.78, 5) is 0. The lowest BCUT2D eigenvalue weighted by atomic mass is 10.1. The van der Waals surface area contributed by atoms with E-state index < -0.39 is 0 Å². The van der Waals surface area contributed by atoms with Crippen molar-refractivity contribution in [2.75, 3.05) is 0 Å². The summed E-state index contributed by atoms with van der Waals surface area (Å²) < 4.78 is 2.23. The van der Waals surface area contributed by atoms with Crippen LogP contribution in [-0.2, 0) is 6.54 Å². The largest absolute Gasteiger partial charge is 0.310 e. The van der Waals surface area contributed by atoms with Crippen LogP contribution < -0.4 is 5.32 Å². The van der Waals surface area contributed by atoms with Crippen LogP contribution >= 0.6 is 31.9 Å². The van der Waals surface area contributed by atoms with Gasteiger partial charge in [-0.05, 0) is 62.9 Å². The van der Waals surface area contributed by atoms with Crippen LogP contribution in [0.3, 0.4) is 0 Å². The number of hydrogen-bond acceptors (Lipinski definition) is 1. The molecule has 0 heterocycles. The second kappa shape index (κ2) is 8.28. The molecular weight excluding hydrogens is 342 g/mol. The van der Waals surface area contributed by atoms with E-state index in [4.69, 9.17) is 0 Å². The number of benzene rings is 1. The Kier molecular flexibility index (Phi) is 7.40. The molecule has 1 rings (SSSR count). The number of rotatable bonds is 7. The van der Waals surface area contributed by atoms with Crippen molar-refractivity contribution >= 4 is 31.9 Å². The first kappa shape index (κ1) is 15.2. The van der Waals surface area contributed by atoms with E-state index in [1.54, 1.807) is 0 Å². The minimum Gasteiger partial charge on any atom is -0.310 e. The molecular formula is C14H21Br2N. The Labute approximate surface area is 122 Å². The average molecular weight is 363 g/mol. The first-order chi connectivity index (χ1) is 8.13. The molecule has 0 bridgehead atoms. The van der Waals surface area contributed by atoms with Crippen LogP contribution in [0.5, 0.6) is 0 Å². The molecule has 0 aliphatic rings. The molecule has 1 aromatic carbocycles. The third-order valence-corrected chi connectivity index (χ3v) is 4.76. The van der Waals surface area contributed by atoms with Crippen molar-refractivity contribution in [3.63, 3.8) is 0 Å². The van der Waals surface area contributed by atoms with Gasteiger partial charge in [-0.1, -0.05) is 32.3 Å². The molecule has 0 saturated carbocycles. The van der Waals surface area contributed by atoms with E-state index in [2.05, 4.69) is 69.2 Å². The van der Waals surface area contributed by atoms with Crippen LogP contribution in [-0.4, -0.2) is 6.04 Å². The predicted octanol–water partition coefficient (Wildman–Crippen LogP) is 5.27. The van der Waals surface area contributed by atoms with Gasteiger partial charge in [-0.25, -0.2) is 0 Å². The summed E-state index contributed by atoms with van der Waals surface area (Å²) in [7, 11) is 0. The molecule has 0 spiro atoms. The van der Waals surface area contributed by atoms with Gasteiger partial charge in [0.2, 0.25) is 0 Å². The normalized spacial score (nSPS) is 12.7. The fourth-order valence-corrected chi connectivity index (χ4v) is 2.42. The van der Waals surface area contributed by atoms with E-state index in [1.807, 2.05) is 0 Å². The van der Waals surface area contributed by atoms with Crippen LogP contribution in [0.25, 0.3) is 0 Å². The molecule has 0 radical (unpaired) electrons. The molecule has 0 aliphatic heterocycles. The van der Waals surface area contributed by atoms with E-state index >= 15 is 0 Å². The van der Waals surface area contributed by atoms with Gasteiger partial charge in [0, 0.05) is 21.5 Å². The first-order valence-corrected chi connectivity index (χ1v) is 7.89. The standard InChI is InChI=1S/C14H21Br2N/c1-3-4-5-6-11(2)17-10-12-7-8-13(15)14(16)9-12/h7-9,11,17H,3-6,10H2,1-2H3. The third-order valence-electron chi connectivity index (χ3n) is 2.88. The van der Waals surface area contributed by atoms with Crippen molar-refractivity contribution in [1.82, 2.24) is 5.32 Å². The minimum atomic E-state index is 0.601. The summed E-state index contributed by atoms with van der Waals surface area (Å²) in [5.74, 6) is 0. The van der Waals surface area contributed by atoms with Crippen LogP contribution in [0.2, 0.25) is 0 Å². The van der Waals surface area contributed by atoms with Gasteiger partial charge < -0.3 is 5.32 Å². The maximum atomic E-state index is 3.57. The lowest BCUT2D eigenvalue weighted by Gasteiger charge is -2.13. The number of hydrogen-bond donors (Lipinski definition) is 1. The molecule has 17 heavy (non-hydrogen) atoms. The summed E-state index contributed by atoms with van der Waals surface area (Å²) in [6.07, 6.45) is 5.24. The summed E-state index contributed by atoms with van der Waals surface area (Å²) in [5, 5.41) is 3.57. The molecule has 96 valence electrons. The molecule has 0 saturated heterocycles. The summed E-state index contributed by atoms with van der Waals surface area (Å²) in [5.41, 5.74) is 1.32. The molecule has 1 unspecified atom stereocenters. The van der Waals surface area contributed by atoms with Crippen LogP contribution in [0.15, 0.2) is 27.1 Å². The SMILES string of the molecule is CCCCCC(C)NCc1ccc(Br)c(Br)c1. The van der Waals surface area contributed by atoms with E-state index in [0.717, 1.165) is 15.5 Å². The van der Waals surface area contributed by atoms with Crippen molar-refractivity contribution < 1.29 is 0 Å². The Morgan fingerprint density at radius 2 is 1.94 bits per heavy atom. The zero-order valence-electron chi connectivity index (χ0n) is 10.6. The van der Waals surface area contributed by atoms with Crippen molar-refractivity contribution in [3.8, 4) is 0 Å². The number of nitrogens with one attached hydrogen (secondary N) is 1. The topological polar surface area (TPSA) is 12.0 Å². The highest BCUT2D eigenvalue weighted by Gasteiger charge is 2.02. The Balaban J connectivity index is 2.31. The van der Waals surface area contributed by atoms with Gasteiger partial charge >= 0.3 is 0 Å². The number of halogens is 2. The molecule has 3 heteroatoms. The molecule has 0 fully saturated rings. The van der Waals surface area contributed by atoms with Crippen molar-refractivity contribution in [2.45, 2.75) is 52.1 Å². The highest BCUT2D eigenvalue weighted by molar-refractivity contribution is 9.13. The Hall–Kier alpha value is 0.140. The van der Waals surface area contributed by atoms with Gasteiger partial charge in [0.05, 0.1) is 0 Å². The molecule has 1 atom stereocenters. The number of unbranched alkanes of at least 4 members (excludes halogenated alkanes) is 2. The quantitative estimate of drug-likeness (QED) is 0.651. The second-order valence-corrected chi connectivity index (χ2v) is 6.23. The van der Waals surface area contributed by atoms with E-state index in [9.17, 15) is 0 Å². The Bertz CT molecular complexity index is 339. The molecule has 0 aromatic heterocycles. The summed E-state index contributed by atoms with van der Waals surface area (Å²) >= 11 is 7.01. The van der Waals surface area contributed by atoms with Crippen LogP contribution in [0, 0.1) is 0 Å². The van der Waals surface area contributed by atoms with Crippen LogP contribution in [0.4, 0.5) is 0 Å². The van der Waals surface area contributed by atoms with Gasteiger partial charge in [-0.15, -0.1) is 0 Å². The zero-order valence-corrected chi connectivity index (χ0v) is 13.8. The Morgan fingerprint density at radius 3 is 2.59 bits per heavy atom. The smallest absolute Gasteiger partial charge is 0.0320 e. The monoisotopic (exact) mass is 361 g/mol. The van der Waals surface area contributed by atoms with E-state index in [0.29, 0.717) is 6.04 Å². The first-order valence-electron chi connectivity index (χ1n) is 6.30. The summed E-state index contributed by atoms with van der Waals surface area (Å²) in [6.45, 7) is 5.46. The lowest BCUT2D eigenvalue weighted by Crippen LogP contribution is -2.25. The summed E-state index contributed by atoms with van der Waals surface area (Å²) in [6, 6.07) is 7.00. The van der Waals surface area contributed by atoms with Crippen molar-refractivity contribution in [2.24, 2.45) is 0 Å². The van der Waals surface area contributed by atoms with Gasteiger partial charge in [-0.2, -0.15) is 0 Å². The van der Waals surface area contributed by atoms with Crippen molar-refractivity contribution in [3.05, 3.63) is 32.7 Å². The highest BCUT2D eigenvalue weighted by Crippen LogP contribution is 2.23. The molecule has 0 aliphatic carbocycles. The van der Waals surface area contributed by atoms with E-state index in [-0.39, 0.29) is 0 Å². The van der Waals surface area contributed by atoms with Gasteiger partial charge in [0.15, 0.2) is 0 Å². The van der Waals surface area contributed by atoms with E-state index in [1.165, 1.54) is 31.2 Å². The average Bonchev–Trinajstić information content (AvgIpc) is 2.31. The third kappa shape index (κ3) is 6.03. The zero-order chi connectivity index (χ0) is 12.7. The fourth-order valence-electron chi connectivity index (χ4n) is 1.74. The van der Waals surface area contributed by atoms with Crippen LogP contribution in [0.1, 0.15) is 45.1 Å². The maximum Gasteiger partial charge on any atom is 0.0320 e. The second-order valence-electron chi connectivity index (χ2n) is 4.53. The lowest BCUT2D eigenvalue weighted by molar-refractivity contribution is 0.487. The van der Waals surface area contributed by atoms with Crippen molar-refractivity contribution in [1.29, 1.82) is 0 Å². The molecule has 1 nitrogen and oxygen atoms in total. The molecule has 1 N–H and O–H groups in total. The van der Waals surface area contributed by atoms with Gasteiger partial charge in [-0.3, -0.25) is 0 Å². The highest BCUT2D eigenvalue weighted by atomic mass is 79.9. The fraction of sp³-hybridized carbons (Fsp3) is 0.571. The Morgan fingerprint density at radius 1 is 1.18 bits per heavy atom. The predicted molar refractivity (Wildman–Crippen MR) is 82.3 cm³/mol. The maximum absolute atomic E-state index is 3.57. The minimum absolute atomic E-state index is 0.601.